The Morgan fingerprint density at radius 3 is 2.23 bits per heavy atom. The van der Waals surface area contributed by atoms with E-state index in [0.717, 1.165) is 12.7 Å². The molecule has 2 aromatic heterocycles. The molecular formula is C30H51N5O2SiSn. The minimum atomic E-state index is -2.51. The number of fused-ring (bicyclic) bond motifs is 1. The number of aromatic nitrogens is 4. The maximum absolute atomic E-state index is 6.26. The number of imidazole rings is 1. The Balaban J connectivity index is 1.78. The molecule has 0 aliphatic carbocycles. The van der Waals surface area contributed by atoms with E-state index < -0.39 is 26.5 Å². The van der Waals surface area contributed by atoms with Crippen LogP contribution in [0.3, 0.4) is 0 Å². The van der Waals surface area contributed by atoms with Crippen molar-refractivity contribution < 1.29 is 9.47 Å². The maximum atomic E-state index is 6.26. The van der Waals surface area contributed by atoms with Crippen LogP contribution in [0.1, 0.15) is 64.9 Å². The van der Waals surface area contributed by atoms with Gasteiger partial charge in [0.2, 0.25) is 0 Å². The number of anilines is 1. The van der Waals surface area contributed by atoms with Crippen LogP contribution < -0.4 is 14.0 Å². The van der Waals surface area contributed by atoms with E-state index in [0.29, 0.717) is 30.4 Å². The Kier molecular flexibility index (Phi) is 12.6. The van der Waals surface area contributed by atoms with Gasteiger partial charge >= 0.3 is 208 Å². The molecule has 9 heteroatoms. The molecule has 2 heterocycles. The second kappa shape index (κ2) is 15.4. The van der Waals surface area contributed by atoms with E-state index >= 15 is 0 Å². The summed E-state index contributed by atoms with van der Waals surface area (Å²) in [5.74, 6) is 0.616. The van der Waals surface area contributed by atoms with Crippen LogP contribution in [0.4, 0.5) is 5.95 Å². The number of benzene rings is 1. The number of nitrogen functional groups attached to an aromatic ring is 1. The Hall–Kier alpha value is -1.65. The fraction of sp³-hybridized carbons (Fsp3) is 0.633. The van der Waals surface area contributed by atoms with Crippen molar-refractivity contribution in [2.75, 3.05) is 12.3 Å². The summed E-state index contributed by atoms with van der Waals surface area (Å²) in [6.45, 7) is 15.6. The van der Waals surface area contributed by atoms with E-state index in [-0.39, 0.29) is 5.95 Å². The molecule has 0 radical (unpaired) electrons. The van der Waals surface area contributed by atoms with Crippen LogP contribution in [0.5, 0.6) is 5.88 Å². The predicted molar refractivity (Wildman–Crippen MR) is 169 cm³/mol. The quantitative estimate of drug-likeness (QED) is 0.113. The van der Waals surface area contributed by atoms with Gasteiger partial charge in [-0.1, -0.05) is 19.6 Å². The SMILES string of the molecule is CCC[CH2][Sn]([CH2]CCC)([CH2]CCC)[c]1cccc(COc2nc(N)nc3c2ncn3COCC[Si](C)(C)C)c1. The summed E-state index contributed by atoms with van der Waals surface area (Å²) in [7, 11) is -1.14. The van der Waals surface area contributed by atoms with Gasteiger partial charge in [-0.3, -0.25) is 0 Å². The second-order valence-corrected chi connectivity index (χ2v) is 31.1. The first-order chi connectivity index (χ1) is 18.7. The fourth-order valence-corrected chi connectivity index (χ4v) is 22.0. The summed E-state index contributed by atoms with van der Waals surface area (Å²) in [5.41, 5.74) is 8.54. The van der Waals surface area contributed by atoms with Crippen molar-refractivity contribution in [3.8, 4) is 5.88 Å². The molecule has 3 rings (SSSR count). The zero-order chi connectivity index (χ0) is 28.3. The normalized spacial score (nSPS) is 12.4. The van der Waals surface area contributed by atoms with Crippen molar-refractivity contribution in [3.63, 3.8) is 0 Å². The van der Waals surface area contributed by atoms with E-state index in [4.69, 9.17) is 15.2 Å². The van der Waals surface area contributed by atoms with Gasteiger partial charge in [-0.15, -0.1) is 0 Å². The van der Waals surface area contributed by atoms with Gasteiger partial charge < -0.3 is 0 Å². The molecule has 2 N–H and O–H groups in total. The zero-order valence-corrected chi connectivity index (χ0v) is 29.1. The molecule has 0 saturated heterocycles. The molecule has 0 aliphatic rings. The average Bonchev–Trinajstić information content (AvgIpc) is 3.32. The van der Waals surface area contributed by atoms with Gasteiger partial charge in [-0.2, -0.15) is 0 Å². The monoisotopic (exact) mass is 661 g/mol. The molecule has 0 spiro atoms. The van der Waals surface area contributed by atoms with Crippen molar-refractivity contribution in [3.05, 3.63) is 36.2 Å². The van der Waals surface area contributed by atoms with Gasteiger partial charge in [0.15, 0.2) is 0 Å². The van der Waals surface area contributed by atoms with Crippen LogP contribution in [0.2, 0.25) is 39.0 Å². The van der Waals surface area contributed by atoms with Crippen molar-refractivity contribution >= 4 is 47.1 Å². The number of unbranched alkanes of at least 4 members (excludes halogenated alkanes) is 3. The van der Waals surface area contributed by atoms with E-state index in [2.05, 4.69) is 79.6 Å². The number of nitrogens with zero attached hydrogens (tertiary/aromatic N) is 4. The van der Waals surface area contributed by atoms with E-state index in [1.54, 1.807) is 9.91 Å². The Labute approximate surface area is 241 Å². The Morgan fingerprint density at radius 1 is 0.949 bits per heavy atom. The molecule has 0 fully saturated rings. The third-order valence-corrected chi connectivity index (χ3v) is 24.9. The van der Waals surface area contributed by atoms with Crippen molar-refractivity contribution in [2.24, 2.45) is 0 Å². The summed E-state index contributed by atoms with van der Waals surface area (Å²) in [6.07, 6.45) is 9.63. The van der Waals surface area contributed by atoms with Gasteiger partial charge in [0.1, 0.15) is 0 Å². The molecule has 0 unspecified atom stereocenters. The van der Waals surface area contributed by atoms with Crippen LogP contribution in [-0.4, -0.2) is 52.6 Å². The molecule has 0 bridgehead atoms. The molecule has 39 heavy (non-hydrogen) atoms. The van der Waals surface area contributed by atoms with Gasteiger partial charge in [0, 0.05) is 8.07 Å². The van der Waals surface area contributed by atoms with Gasteiger partial charge in [-0.05, 0) is 6.04 Å². The summed E-state index contributed by atoms with van der Waals surface area (Å²) in [4.78, 5) is 13.4. The van der Waals surface area contributed by atoms with E-state index in [1.165, 1.54) is 57.4 Å². The molecule has 0 saturated carbocycles. The Bertz CT molecular complexity index is 1140. The predicted octanol–water partition coefficient (Wildman–Crippen LogP) is 7.36. The molecular weight excluding hydrogens is 609 g/mol. The summed E-state index contributed by atoms with van der Waals surface area (Å²) < 4.78 is 20.1. The summed E-state index contributed by atoms with van der Waals surface area (Å²) in [5, 5.41) is 0. The molecule has 0 aliphatic heterocycles. The van der Waals surface area contributed by atoms with Crippen LogP contribution in [0.15, 0.2) is 30.6 Å². The summed E-state index contributed by atoms with van der Waals surface area (Å²) >= 11 is -2.51. The average molecular weight is 661 g/mol. The molecule has 216 valence electrons. The van der Waals surface area contributed by atoms with Crippen LogP contribution in [-0.2, 0) is 18.1 Å². The topological polar surface area (TPSA) is 88.1 Å². The first kappa shape index (κ1) is 31.9. The van der Waals surface area contributed by atoms with Crippen LogP contribution >= 0.6 is 0 Å². The molecule has 3 aromatic rings. The number of nitrogens with two attached hydrogens (primary N) is 1. The van der Waals surface area contributed by atoms with Gasteiger partial charge in [-0.25, -0.2) is 0 Å². The molecule has 0 atom stereocenters. The van der Waals surface area contributed by atoms with Crippen LogP contribution in [0.25, 0.3) is 11.2 Å². The van der Waals surface area contributed by atoms with Crippen molar-refractivity contribution in [1.29, 1.82) is 0 Å². The molecule has 0 amide bonds. The van der Waals surface area contributed by atoms with Gasteiger partial charge in [0.05, 0.1) is 0 Å². The van der Waals surface area contributed by atoms with Crippen molar-refractivity contribution in [1.82, 2.24) is 19.5 Å². The van der Waals surface area contributed by atoms with E-state index in [1.807, 2.05) is 4.57 Å². The molecule has 7 nitrogen and oxygen atoms in total. The van der Waals surface area contributed by atoms with Gasteiger partial charge in [0.25, 0.3) is 0 Å². The minimum absolute atomic E-state index is 0.184. The van der Waals surface area contributed by atoms with E-state index in [9.17, 15) is 0 Å². The number of hydrogen-bond donors (Lipinski definition) is 1. The fourth-order valence-electron chi connectivity index (χ4n) is 5.17. The third-order valence-electron chi connectivity index (χ3n) is 7.62. The first-order valence-corrected chi connectivity index (χ1v) is 26.2. The first-order valence-electron chi connectivity index (χ1n) is 15.0. The standard InChI is InChI=1S/C18H24N5O2Si.3C4H9.Sn/c1-26(2,3)10-9-24-13-23-12-20-15-16(23)21-18(19)22-17(15)25-11-14-7-5-4-6-8-14;3*1-3-4-2;/h4-5,7-8,12H,9-11,13H2,1-3H3,(H2,19,21,22);3*1,3-4H2,2H3;. The summed E-state index contributed by atoms with van der Waals surface area (Å²) in [6, 6.07) is 10.4. The second-order valence-electron chi connectivity index (χ2n) is 12.2. The number of ether oxygens (including phenoxy) is 2. The zero-order valence-electron chi connectivity index (χ0n) is 25.3. The van der Waals surface area contributed by atoms with Crippen LogP contribution in [0, 0.1) is 0 Å². The molecule has 1 aromatic carbocycles. The number of hydrogen-bond acceptors (Lipinski definition) is 6. The Morgan fingerprint density at radius 2 is 1.62 bits per heavy atom. The number of rotatable bonds is 18. The third kappa shape index (κ3) is 9.45. The van der Waals surface area contributed by atoms with Crippen molar-refractivity contribution in [2.45, 2.75) is 112 Å².